The number of imidazole rings is 1. The monoisotopic (exact) mass is 434 g/mol. The SMILES string of the molecule is O=C(NCCc1nc2ccccc2n1CCCOc1ccccc1Cl)c1cccnc1. The molecule has 4 aromatic rings. The highest BCUT2D eigenvalue weighted by atomic mass is 35.5. The van der Waals surface area contributed by atoms with E-state index in [1.165, 1.54) is 0 Å². The number of aromatic nitrogens is 3. The van der Waals surface area contributed by atoms with Crippen molar-refractivity contribution >= 4 is 28.5 Å². The van der Waals surface area contributed by atoms with Gasteiger partial charge in [-0.25, -0.2) is 4.98 Å². The maximum absolute atomic E-state index is 12.3. The fraction of sp³-hybridized carbons (Fsp3) is 0.208. The second-order valence-electron chi connectivity index (χ2n) is 7.05. The number of rotatable bonds is 9. The standard InChI is InChI=1S/C24H23ClN4O2/c25-19-8-1-4-11-22(19)31-16-6-15-29-21-10-3-2-9-20(21)28-23(29)12-14-27-24(30)18-7-5-13-26-17-18/h1-5,7-11,13,17H,6,12,14-16H2,(H,27,30). The number of pyridine rings is 1. The molecule has 158 valence electrons. The number of halogens is 1. The van der Waals surface area contributed by atoms with Crippen molar-refractivity contribution in [1.29, 1.82) is 0 Å². The summed E-state index contributed by atoms with van der Waals surface area (Å²) in [6.07, 6.45) is 4.64. The molecule has 1 amide bonds. The van der Waals surface area contributed by atoms with Crippen LogP contribution in [0.4, 0.5) is 0 Å². The third-order valence-electron chi connectivity index (χ3n) is 4.91. The largest absolute Gasteiger partial charge is 0.492 e. The smallest absolute Gasteiger partial charge is 0.252 e. The summed E-state index contributed by atoms with van der Waals surface area (Å²) >= 11 is 6.15. The fourth-order valence-electron chi connectivity index (χ4n) is 3.42. The molecule has 0 saturated heterocycles. The topological polar surface area (TPSA) is 69.0 Å². The van der Waals surface area contributed by atoms with Gasteiger partial charge in [0.1, 0.15) is 11.6 Å². The fourth-order valence-corrected chi connectivity index (χ4v) is 3.61. The molecule has 2 heterocycles. The van der Waals surface area contributed by atoms with Crippen molar-refractivity contribution in [2.45, 2.75) is 19.4 Å². The van der Waals surface area contributed by atoms with E-state index in [9.17, 15) is 4.79 Å². The number of benzene rings is 2. The van der Waals surface area contributed by atoms with E-state index in [4.69, 9.17) is 21.3 Å². The Balaban J connectivity index is 1.38. The Morgan fingerprint density at radius 1 is 1.06 bits per heavy atom. The molecule has 0 bridgehead atoms. The number of ether oxygens (including phenoxy) is 1. The number of aryl methyl sites for hydroxylation is 1. The van der Waals surface area contributed by atoms with Gasteiger partial charge in [-0.05, 0) is 42.8 Å². The summed E-state index contributed by atoms with van der Waals surface area (Å²) in [4.78, 5) is 21.0. The number of fused-ring (bicyclic) bond motifs is 1. The lowest BCUT2D eigenvalue weighted by atomic mass is 10.2. The number of hydrogen-bond donors (Lipinski definition) is 1. The van der Waals surface area contributed by atoms with Crippen LogP contribution in [0.3, 0.4) is 0 Å². The van der Waals surface area contributed by atoms with Crippen LogP contribution in [0.25, 0.3) is 11.0 Å². The first-order valence-electron chi connectivity index (χ1n) is 10.2. The molecule has 0 radical (unpaired) electrons. The molecule has 0 aliphatic carbocycles. The average molecular weight is 435 g/mol. The number of para-hydroxylation sites is 3. The quantitative estimate of drug-likeness (QED) is 0.393. The predicted molar refractivity (Wildman–Crippen MR) is 122 cm³/mol. The minimum absolute atomic E-state index is 0.135. The van der Waals surface area contributed by atoms with Crippen molar-refractivity contribution in [2.75, 3.05) is 13.2 Å². The van der Waals surface area contributed by atoms with E-state index >= 15 is 0 Å². The highest BCUT2D eigenvalue weighted by Crippen LogP contribution is 2.23. The van der Waals surface area contributed by atoms with Gasteiger partial charge in [0.25, 0.3) is 5.91 Å². The third kappa shape index (κ3) is 5.22. The van der Waals surface area contributed by atoms with E-state index in [1.54, 1.807) is 24.5 Å². The number of nitrogens with one attached hydrogen (secondary N) is 1. The first kappa shape index (κ1) is 20.9. The number of nitrogens with zero attached hydrogens (tertiary/aromatic N) is 3. The van der Waals surface area contributed by atoms with Crippen molar-refractivity contribution in [2.24, 2.45) is 0 Å². The maximum Gasteiger partial charge on any atom is 0.252 e. The van der Waals surface area contributed by atoms with Gasteiger partial charge in [0.15, 0.2) is 0 Å². The summed E-state index contributed by atoms with van der Waals surface area (Å²) in [5, 5.41) is 3.55. The molecule has 0 unspecified atom stereocenters. The molecule has 2 aromatic heterocycles. The summed E-state index contributed by atoms with van der Waals surface area (Å²) in [6.45, 7) is 1.80. The minimum atomic E-state index is -0.135. The minimum Gasteiger partial charge on any atom is -0.492 e. The van der Waals surface area contributed by atoms with Crippen LogP contribution >= 0.6 is 11.6 Å². The highest BCUT2D eigenvalue weighted by Gasteiger charge is 2.11. The van der Waals surface area contributed by atoms with Gasteiger partial charge in [-0.1, -0.05) is 35.9 Å². The normalized spacial score (nSPS) is 10.9. The lowest BCUT2D eigenvalue weighted by Crippen LogP contribution is -2.26. The summed E-state index contributed by atoms with van der Waals surface area (Å²) in [5.41, 5.74) is 2.57. The van der Waals surface area contributed by atoms with Crippen LogP contribution < -0.4 is 10.1 Å². The summed E-state index contributed by atoms with van der Waals surface area (Å²) in [6, 6.07) is 19.0. The summed E-state index contributed by atoms with van der Waals surface area (Å²) in [5.74, 6) is 1.49. The molecule has 0 aliphatic heterocycles. The predicted octanol–water partition coefficient (Wildman–Crippen LogP) is 4.53. The lowest BCUT2D eigenvalue weighted by molar-refractivity contribution is 0.0953. The van der Waals surface area contributed by atoms with E-state index in [0.29, 0.717) is 35.9 Å². The van der Waals surface area contributed by atoms with Crippen molar-refractivity contribution in [3.8, 4) is 5.75 Å². The molecule has 0 fully saturated rings. The van der Waals surface area contributed by atoms with Gasteiger partial charge >= 0.3 is 0 Å². The Labute approximate surface area is 185 Å². The number of amides is 1. The van der Waals surface area contributed by atoms with Gasteiger partial charge < -0.3 is 14.6 Å². The Kier molecular flexibility index (Phi) is 6.79. The lowest BCUT2D eigenvalue weighted by Gasteiger charge is -2.11. The van der Waals surface area contributed by atoms with Gasteiger partial charge in [0, 0.05) is 31.9 Å². The van der Waals surface area contributed by atoms with Gasteiger partial charge in [-0.3, -0.25) is 9.78 Å². The molecule has 31 heavy (non-hydrogen) atoms. The second kappa shape index (κ2) is 10.1. The summed E-state index contributed by atoms with van der Waals surface area (Å²) in [7, 11) is 0. The number of hydrogen-bond acceptors (Lipinski definition) is 4. The molecule has 4 rings (SSSR count). The van der Waals surface area contributed by atoms with Crippen molar-refractivity contribution in [3.63, 3.8) is 0 Å². The molecule has 7 heteroatoms. The van der Waals surface area contributed by atoms with Crippen molar-refractivity contribution in [1.82, 2.24) is 19.9 Å². The van der Waals surface area contributed by atoms with Crippen molar-refractivity contribution in [3.05, 3.63) is 89.5 Å². The van der Waals surface area contributed by atoms with E-state index < -0.39 is 0 Å². The number of carbonyl (C=O) groups is 1. The zero-order chi connectivity index (χ0) is 21.5. The molecule has 0 spiro atoms. The van der Waals surface area contributed by atoms with Crippen LogP contribution in [-0.2, 0) is 13.0 Å². The van der Waals surface area contributed by atoms with Crippen LogP contribution in [0.15, 0.2) is 73.1 Å². The van der Waals surface area contributed by atoms with E-state index in [2.05, 4.69) is 20.9 Å². The molecule has 0 atom stereocenters. The van der Waals surface area contributed by atoms with Gasteiger partial charge in [-0.2, -0.15) is 0 Å². The van der Waals surface area contributed by atoms with Gasteiger partial charge in [0.05, 0.1) is 28.2 Å². The number of carbonyl (C=O) groups excluding carboxylic acids is 1. The molecule has 6 nitrogen and oxygen atoms in total. The zero-order valence-electron chi connectivity index (χ0n) is 17.0. The van der Waals surface area contributed by atoms with Gasteiger partial charge in [0.2, 0.25) is 0 Å². The first-order valence-corrected chi connectivity index (χ1v) is 10.6. The third-order valence-corrected chi connectivity index (χ3v) is 5.22. The van der Waals surface area contributed by atoms with Crippen LogP contribution in [0.5, 0.6) is 5.75 Å². The highest BCUT2D eigenvalue weighted by molar-refractivity contribution is 6.32. The molecule has 0 aliphatic rings. The molecular weight excluding hydrogens is 412 g/mol. The Morgan fingerprint density at radius 3 is 2.74 bits per heavy atom. The molecule has 2 aromatic carbocycles. The van der Waals surface area contributed by atoms with Gasteiger partial charge in [-0.15, -0.1) is 0 Å². The van der Waals surface area contributed by atoms with Crippen molar-refractivity contribution < 1.29 is 9.53 Å². The Morgan fingerprint density at radius 2 is 1.90 bits per heavy atom. The molecule has 1 N–H and O–H groups in total. The van der Waals surface area contributed by atoms with E-state index in [-0.39, 0.29) is 5.91 Å². The van der Waals surface area contributed by atoms with Crippen LogP contribution in [0.2, 0.25) is 5.02 Å². The van der Waals surface area contributed by atoms with Crippen LogP contribution in [-0.4, -0.2) is 33.6 Å². The average Bonchev–Trinajstić information content (AvgIpc) is 3.15. The molecular formula is C24H23ClN4O2. The maximum atomic E-state index is 12.3. The van der Waals surface area contributed by atoms with E-state index in [0.717, 1.165) is 29.8 Å². The second-order valence-corrected chi connectivity index (χ2v) is 7.46. The zero-order valence-corrected chi connectivity index (χ0v) is 17.8. The van der Waals surface area contributed by atoms with E-state index in [1.807, 2.05) is 42.5 Å². The molecule has 0 saturated carbocycles. The Bertz CT molecular complexity index is 1160. The van der Waals surface area contributed by atoms with Crippen LogP contribution in [0.1, 0.15) is 22.6 Å². The Hall–Kier alpha value is -3.38. The van der Waals surface area contributed by atoms with Crippen LogP contribution in [0, 0.1) is 0 Å². The first-order chi connectivity index (χ1) is 15.2. The summed E-state index contributed by atoms with van der Waals surface area (Å²) < 4.78 is 8.02.